The van der Waals surface area contributed by atoms with E-state index in [2.05, 4.69) is 10.6 Å². The van der Waals surface area contributed by atoms with Gasteiger partial charge in [0, 0.05) is 18.3 Å². The van der Waals surface area contributed by atoms with Crippen LogP contribution < -0.4 is 10.6 Å². The fourth-order valence-corrected chi connectivity index (χ4v) is 1.20. The van der Waals surface area contributed by atoms with Crippen molar-refractivity contribution in [3.8, 4) is 5.75 Å². The molecule has 4 N–H and O–H groups in total. The third-order valence-electron chi connectivity index (χ3n) is 2.02. The standard InChI is InChI=1S/C11H14N2O4/c1-2-5-12-11(17)13-7-3-4-8(10(15)16)9(14)6-7/h3-4,6,14H,2,5H2,1H3,(H,15,16)(H2,12,13,17). The van der Waals surface area contributed by atoms with Crippen molar-refractivity contribution < 1.29 is 19.8 Å². The first-order chi connectivity index (χ1) is 8.04. The van der Waals surface area contributed by atoms with Gasteiger partial charge in [0.2, 0.25) is 0 Å². The Morgan fingerprint density at radius 2 is 2.06 bits per heavy atom. The number of nitrogens with one attached hydrogen (secondary N) is 2. The molecule has 92 valence electrons. The van der Waals surface area contributed by atoms with Crippen molar-refractivity contribution >= 4 is 17.7 Å². The van der Waals surface area contributed by atoms with E-state index in [1.165, 1.54) is 18.2 Å². The molecule has 0 bridgehead atoms. The summed E-state index contributed by atoms with van der Waals surface area (Å²) in [5.41, 5.74) is 0.130. The van der Waals surface area contributed by atoms with Crippen LogP contribution in [-0.2, 0) is 0 Å². The summed E-state index contributed by atoms with van der Waals surface area (Å²) in [4.78, 5) is 21.9. The minimum atomic E-state index is -1.22. The van der Waals surface area contributed by atoms with Crippen molar-refractivity contribution in [1.82, 2.24) is 5.32 Å². The molecule has 17 heavy (non-hydrogen) atoms. The molecule has 6 nitrogen and oxygen atoms in total. The Morgan fingerprint density at radius 3 is 2.59 bits per heavy atom. The number of rotatable bonds is 4. The molecule has 0 heterocycles. The molecule has 0 radical (unpaired) electrons. The van der Waals surface area contributed by atoms with E-state index >= 15 is 0 Å². The number of carboxylic acids is 1. The molecule has 0 aliphatic heterocycles. The molecule has 1 rings (SSSR count). The lowest BCUT2D eigenvalue weighted by Gasteiger charge is -2.07. The molecule has 0 fully saturated rings. The summed E-state index contributed by atoms with van der Waals surface area (Å²) < 4.78 is 0. The van der Waals surface area contributed by atoms with Crippen LogP contribution in [-0.4, -0.2) is 28.8 Å². The summed E-state index contributed by atoms with van der Waals surface area (Å²) in [5.74, 6) is -1.60. The van der Waals surface area contributed by atoms with Crippen molar-refractivity contribution in [3.05, 3.63) is 23.8 Å². The molecule has 0 saturated carbocycles. The largest absolute Gasteiger partial charge is 0.507 e. The summed E-state index contributed by atoms with van der Waals surface area (Å²) in [7, 11) is 0. The minimum Gasteiger partial charge on any atom is -0.507 e. The summed E-state index contributed by atoms with van der Waals surface area (Å²) >= 11 is 0. The summed E-state index contributed by atoms with van der Waals surface area (Å²) in [6, 6.07) is 3.44. The number of amides is 2. The molecular formula is C11H14N2O4. The molecule has 0 spiro atoms. The average molecular weight is 238 g/mol. The zero-order chi connectivity index (χ0) is 12.8. The van der Waals surface area contributed by atoms with E-state index in [1.807, 2.05) is 6.92 Å². The van der Waals surface area contributed by atoms with Crippen LogP contribution in [0.5, 0.6) is 5.75 Å². The number of carbonyl (C=O) groups excluding carboxylic acids is 1. The van der Waals surface area contributed by atoms with Gasteiger partial charge in [-0.15, -0.1) is 0 Å². The third-order valence-corrected chi connectivity index (χ3v) is 2.02. The topological polar surface area (TPSA) is 98.7 Å². The van der Waals surface area contributed by atoms with Gasteiger partial charge in [-0.1, -0.05) is 6.92 Å². The molecule has 1 aromatic carbocycles. The molecule has 0 aliphatic carbocycles. The first-order valence-electron chi connectivity index (χ1n) is 5.15. The number of hydrogen-bond donors (Lipinski definition) is 4. The number of phenols is 1. The van der Waals surface area contributed by atoms with Crippen LogP contribution in [0.2, 0.25) is 0 Å². The van der Waals surface area contributed by atoms with Gasteiger partial charge in [-0.2, -0.15) is 0 Å². The molecule has 0 atom stereocenters. The normalized spacial score (nSPS) is 9.71. The fourth-order valence-electron chi connectivity index (χ4n) is 1.20. The van der Waals surface area contributed by atoms with Crippen molar-refractivity contribution in [2.75, 3.05) is 11.9 Å². The number of benzene rings is 1. The van der Waals surface area contributed by atoms with Crippen LogP contribution in [0.25, 0.3) is 0 Å². The van der Waals surface area contributed by atoms with Crippen LogP contribution in [0, 0.1) is 0 Å². The first-order valence-corrected chi connectivity index (χ1v) is 5.15. The molecule has 1 aromatic rings. The molecular weight excluding hydrogens is 224 g/mol. The van der Waals surface area contributed by atoms with Gasteiger partial charge in [-0.25, -0.2) is 9.59 Å². The first kappa shape index (κ1) is 12.8. The Labute approximate surface area is 98.3 Å². The quantitative estimate of drug-likeness (QED) is 0.640. The highest BCUT2D eigenvalue weighted by molar-refractivity contribution is 5.93. The lowest BCUT2D eigenvalue weighted by molar-refractivity contribution is 0.0694. The van der Waals surface area contributed by atoms with E-state index < -0.39 is 12.0 Å². The second-order valence-electron chi connectivity index (χ2n) is 3.42. The van der Waals surface area contributed by atoms with E-state index in [9.17, 15) is 14.7 Å². The SMILES string of the molecule is CCCNC(=O)Nc1ccc(C(=O)O)c(O)c1. The molecule has 0 aromatic heterocycles. The van der Waals surface area contributed by atoms with E-state index in [-0.39, 0.29) is 11.3 Å². The zero-order valence-corrected chi connectivity index (χ0v) is 9.36. The van der Waals surface area contributed by atoms with Crippen LogP contribution >= 0.6 is 0 Å². The van der Waals surface area contributed by atoms with Gasteiger partial charge in [0.15, 0.2) is 0 Å². The lowest BCUT2D eigenvalue weighted by atomic mass is 10.2. The summed E-state index contributed by atoms with van der Waals surface area (Å²) in [5, 5.41) is 23.2. The number of carbonyl (C=O) groups is 2. The van der Waals surface area contributed by atoms with Crippen LogP contribution in [0.3, 0.4) is 0 Å². The Bertz CT molecular complexity index is 431. The predicted octanol–water partition coefficient (Wildman–Crippen LogP) is 1.62. The maximum Gasteiger partial charge on any atom is 0.339 e. The number of aromatic carboxylic acids is 1. The Kier molecular flexibility index (Phi) is 4.33. The average Bonchev–Trinajstić information content (AvgIpc) is 2.26. The van der Waals surface area contributed by atoms with E-state index in [0.29, 0.717) is 12.2 Å². The number of anilines is 1. The van der Waals surface area contributed by atoms with Crippen LogP contribution in [0.1, 0.15) is 23.7 Å². The Balaban J connectivity index is 2.70. The van der Waals surface area contributed by atoms with Gasteiger partial charge in [-0.3, -0.25) is 0 Å². The summed E-state index contributed by atoms with van der Waals surface area (Å²) in [6.07, 6.45) is 0.816. The lowest BCUT2D eigenvalue weighted by Crippen LogP contribution is -2.29. The fraction of sp³-hybridized carbons (Fsp3) is 0.273. The molecule has 2 amide bonds. The number of aromatic hydroxyl groups is 1. The maximum atomic E-state index is 11.3. The molecule has 6 heteroatoms. The molecule has 0 saturated heterocycles. The Morgan fingerprint density at radius 1 is 1.35 bits per heavy atom. The zero-order valence-electron chi connectivity index (χ0n) is 9.36. The minimum absolute atomic E-state index is 0.204. The second-order valence-corrected chi connectivity index (χ2v) is 3.42. The van der Waals surface area contributed by atoms with Crippen molar-refractivity contribution in [1.29, 1.82) is 0 Å². The van der Waals surface area contributed by atoms with Gasteiger partial charge < -0.3 is 20.8 Å². The highest BCUT2D eigenvalue weighted by atomic mass is 16.4. The van der Waals surface area contributed by atoms with Crippen molar-refractivity contribution in [3.63, 3.8) is 0 Å². The van der Waals surface area contributed by atoms with E-state index in [1.54, 1.807) is 0 Å². The smallest absolute Gasteiger partial charge is 0.339 e. The molecule has 0 aliphatic rings. The second kappa shape index (κ2) is 5.74. The number of carboxylic acid groups (broad SMARTS) is 1. The van der Waals surface area contributed by atoms with Gasteiger partial charge in [0.25, 0.3) is 0 Å². The maximum absolute atomic E-state index is 11.3. The summed E-state index contributed by atoms with van der Waals surface area (Å²) in [6.45, 7) is 2.47. The monoisotopic (exact) mass is 238 g/mol. The van der Waals surface area contributed by atoms with Gasteiger partial charge in [0.1, 0.15) is 11.3 Å². The predicted molar refractivity (Wildman–Crippen MR) is 62.4 cm³/mol. The van der Waals surface area contributed by atoms with E-state index in [0.717, 1.165) is 6.42 Å². The van der Waals surface area contributed by atoms with Crippen molar-refractivity contribution in [2.45, 2.75) is 13.3 Å². The molecule has 0 unspecified atom stereocenters. The van der Waals surface area contributed by atoms with Gasteiger partial charge >= 0.3 is 12.0 Å². The highest BCUT2D eigenvalue weighted by Crippen LogP contribution is 2.21. The third kappa shape index (κ3) is 3.67. The number of urea groups is 1. The van der Waals surface area contributed by atoms with Gasteiger partial charge in [0.05, 0.1) is 0 Å². The number of hydrogen-bond acceptors (Lipinski definition) is 3. The van der Waals surface area contributed by atoms with Crippen LogP contribution in [0.4, 0.5) is 10.5 Å². The van der Waals surface area contributed by atoms with Crippen LogP contribution in [0.15, 0.2) is 18.2 Å². The highest BCUT2D eigenvalue weighted by Gasteiger charge is 2.10. The Hall–Kier alpha value is -2.24. The van der Waals surface area contributed by atoms with Crippen molar-refractivity contribution in [2.24, 2.45) is 0 Å². The van der Waals surface area contributed by atoms with Gasteiger partial charge in [-0.05, 0) is 18.6 Å². The van der Waals surface area contributed by atoms with E-state index in [4.69, 9.17) is 5.11 Å².